The highest BCUT2D eigenvalue weighted by molar-refractivity contribution is 7.84. The van der Waals surface area contributed by atoms with Crippen molar-refractivity contribution in [3.05, 3.63) is 23.8 Å². The van der Waals surface area contributed by atoms with Gasteiger partial charge in [-0.15, -0.1) is 0 Å². The van der Waals surface area contributed by atoms with Crippen LogP contribution >= 0.6 is 0 Å². The molecule has 1 aliphatic heterocycles. The van der Waals surface area contributed by atoms with Crippen molar-refractivity contribution in [1.82, 2.24) is 5.32 Å². The van der Waals surface area contributed by atoms with E-state index in [9.17, 15) is 9.32 Å². The largest absolute Gasteiger partial charge is 0.454 e. The van der Waals surface area contributed by atoms with Crippen LogP contribution in [0.2, 0.25) is 0 Å². The minimum Gasteiger partial charge on any atom is -0.454 e. The molecule has 1 aromatic rings. The molecular formula is C14H21NO4S. The van der Waals surface area contributed by atoms with E-state index in [-0.39, 0.29) is 12.0 Å². The van der Waals surface area contributed by atoms with Crippen molar-refractivity contribution in [1.29, 1.82) is 0 Å². The van der Waals surface area contributed by atoms with Crippen molar-refractivity contribution in [3.8, 4) is 11.5 Å². The molecule has 2 N–H and O–H groups in total. The number of nitrogens with one attached hydrogen (secondary N) is 1. The number of aliphatic hydroxyl groups excluding tert-OH is 1. The van der Waals surface area contributed by atoms with Crippen LogP contribution in [0.3, 0.4) is 0 Å². The van der Waals surface area contributed by atoms with E-state index in [4.69, 9.17) is 9.47 Å². The van der Waals surface area contributed by atoms with E-state index < -0.39 is 16.9 Å². The topological polar surface area (TPSA) is 67.8 Å². The molecule has 0 saturated heterocycles. The third-order valence-corrected chi connectivity index (χ3v) is 4.78. The molecule has 0 amide bonds. The van der Waals surface area contributed by atoms with Gasteiger partial charge in [0.1, 0.15) is 0 Å². The minimum atomic E-state index is -0.793. The van der Waals surface area contributed by atoms with Crippen LogP contribution in [0.25, 0.3) is 0 Å². The predicted octanol–water partition coefficient (Wildman–Crippen LogP) is 1.20. The average Bonchev–Trinajstić information content (AvgIpc) is 2.90. The van der Waals surface area contributed by atoms with Crippen LogP contribution in [0.5, 0.6) is 11.5 Å². The number of rotatable bonds is 7. The van der Waals surface area contributed by atoms with Crippen LogP contribution in [-0.4, -0.2) is 40.7 Å². The molecule has 0 bridgehead atoms. The monoisotopic (exact) mass is 299 g/mol. The Morgan fingerprint density at radius 1 is 1.40 bits per heavy atom. The zero-order valence-electron chi connectivity index (χ0n) is 11.8. The Morgan fingerprint density at radius 3 is 2.90 bits per heavy atom. The molecular weight excluding hydrogens is 278 g/mol. The fraction of sp³-hybridized carbons (Fsp3) is 0.571. The summed E-state index contributed by atoms with van der Waals surface area (Å²) in [4.78, 5) is 0. The van der Waals surface area contributed by atoms with Gasteiger partial charge in [0.15, 0.2) is 11.5 Å². The van der Waals surface area contributed by atoms with Gasteiger partial charge in [-0.1, -0.05) is 13.0 Å². The number of hydrogen-bond donors (Lipinski definition) is 2. The second kappa shape index (κ2) is 7.06. The summed E-state index contributed by atoms with van der Waals surface area (Å²) in [7, 11) is -0.793. The molecule has 3 unspecified atom stereocenters. The number of ether oxygens (including phenoxy) is 2. The van der Waals surface area contributed by atoms with Crippen LogP contribution in [0.4, 0.5) is 0 Å². The highest BCUT2D eigenvalue weighted by Crippen LogP contribution is 2.33. The summed E-state index contributed by atoms with van der Waals surface area (Å²) in [5.41, 5.74) is 0.800. The van der Waals surface area contributed by atoms with Crippen LogP contribution in [0.15, 0.2) is 18.2 Å². The predicted molar refractivity (Wildman–Crippen MR) is 78.5 cm³/mol. The summed E-state index contributed by atoms with van der Waals surface area (Å²) in [6.07, 6.45) is 1.95. The zero-order chi connectivity index (χ0) is 14.5. The van der Waals surface area contributed by atoms with Crippen molar-refractivity contribution in [2.24, 2.45) is 0 Å². The van der Waals surface area contributed by atoms with Crippen LogP contribution in [-0.2, 0) is 10.8 Å². The fourth-order valence-electron chi connectivity index (χ4n) is 1.95. The Labute approximate surface area is 121 Å². The van der Waals surface area contributed by atoms with Gasteiger partial charge in [0.05, 0.1) is 6.10 Å². The Kier molecular flexibility index (Phi) is 5.39. The van der Waals surface area contributed by atoms with Crippen LogP contribution in [0, 0.1) is 0 Å². The third-order valence-electron chi connectivity index (χ3n) is 3.41. The van der Waals surface area contributed by atoms with E-state index in [2.05, 4.69) is 5.32 Å². The first-order valence-corrected chi connectivity index (χ1v) is 8.30. The molecule has 1 aromatic carbocycles. The van der Waals surface area contributed by atoms with E-state index in [1.165, 1.54) is 0 Å². The molecule has 2 rings (SSSR count). The normalized spacial score (nSPS) is 17.8. The summed E-state index contributed by atoms with van der Waals surface area (Å²) < 4.78 is 21.7. The lowest BCUT2D eigenvalue weighted by molar-refractivity contribution is 0.170. The van der Waals surface area contributed by atoms with Gasteiger partial charge in [-0.3, -0.25) is 4.21 Å². The van der Waals surface area contributed by atoms with E-state index in [1.54, 1.807) is 12.3 Å². The molecule has 1 heterocycles. The van der Waals surface area contributed by atoms with Gasteiger partial charge in [0.25, 0.3) is 0 Å². The van der Waals surface area contributed by atoms with Crippen LogP contribution in [0.1, 0.15) is 25.0 Å². The minimum absolute atomic E-state index is 0.171. The standard InChI is InChI=1S/C14H21NO4S/c1-10(20(2)17)5-6-15-8-12(16)11-3-4-13-14(7-11)19-9-18-13/h3-4,7,10,12,15-16H,5-6,8-9H2,1-2H3. The van der Waals surface area contributed by atoms with Gasteiger partial charge in [0.2, 0.25) is 6.79 Å². The van der Waals surface area contributed by atoms with Crippen molar-refractivity contribution < 1.29 is 18.8 Å². The van der Waals surface area contributed by atoms with Crippen LogP contribution < -0.4 is 14.8 Å². The fourth-order valence-corrected chi connectivity index (χ4v) is 2.40. The van der Waals surface area contributed by atoms with E-state index in [0.717, 1.165) is 18.5 Å². The van der Waals surface area contributed by atoms with Gasteiger partial charge in [-0.05, 0) is 30.7 Å². The molecule has 0 spiro atoms. The van der Waals surface area contributed by atoms with Gasteiger partial charge < -0.3 is 19.9 Å². The van der Waals surface area contributed by atoms with Gasteiger partial charge in [-0.25, -0.2) is 0 Å². The summed E-state index contributed by atoms with van der Waals surface area (Å²) in [6.45, 7) is 3.40. The highest BCUT2D eigenvalue weighted by atomic mass is 32.2. The number of hydrogen-bond acceptors (Lipinski definition) is 5. The van der Waals surface area contributed by atoms with Gasteiger partial charge in [-0.2, -0.15) is 0 Å². The van der Waals surface area contributed by atoms with Gasteiger partial charge in [0, 0.05) is 28.9 Å². The molecule has 0 aliphatic carbocycles. The molecule has 0 radical (unpaired) electrons. The first-order chi connectivity index (χ1) is 9.58. The van der Waals surface area contributed by atoms with Crippen molar-refractivity contribution in [2.45, 2.75) is 24.7 Å². The van der Waals surface area contributed by atoms with E-state index in [0.29, 0.717) is 18.0 Å². The maximum atomic E-state index is 11.2. The highest BCUT2D eigenvalue weighted by Gasteiger charge is 2.16. The Balaban J connectivity index is 1.77. The SMILES string of the molecule is CC(CCNCC(O)c1ccc2c(c1)OCO2)S(C)=O. The van der Waals surface area contributed by atoms with Crippen molar-refractivity contribution in [3.63, 3.8) is 0 Å². The first-order valence-electron chi connectivity index (χ1n) is 6.68. The summed E-state index contributed by atoms with van der Waals surface area (Å²) in [5.74, 6) is 1.39. The Hall–Kier alpha value is -1.11. The molecule has 1 aliphatic rings. The number of fused-ring (bicyclic) bond motifs is 1. The molecule has 112 valence electrons. The first kappa shape index (κ1) is 15.3. The Bertz CT molecular complexity index is 480. The van der Waals surface area contributed by atoms with Gasteiger partial charge >= 0.3 is 0 Å². The molecule has 5 nitrogen and oxygen atoms in total. The molecule has 0 saturated carbocycles. The number of aliphatic hydroxyl groups is 1. The molecule has 3 atom stereocenters. The van der Waals surface area contributed by atoms with Crippen molar-refractivity contribution >= 4 is 10.8 Å². The average molecular weight is 299 g/mol. The zero-order valence-corrected chi connectivity index (χ0v) is 12.6. The second-order valence-electron chi connectivity index (χ2n) is 4.93. The van der Waals surface area contributed by atoms with E-state index >= 15 is 0 Å². The Morgan fingerprint density at radius 2 is 2.15 bits per heavy atom. The number of benzene rings is 1. The second-order valence-corrected chi connectivity index (χ2v) is 6.73. The molecule has 20 heavy (non-hydrogen) atoms. The van der Waals surface area contributed by atoms with Crippen molar-refractivity contribution in [2.75, 3.05) is 26.1 Å². The lowest BCUT2D eigenvalue weighted by Crippen LogP contribution is -2.25. The third kappa shape index (κ3) is 3.94. The summed E-state index contributed by atoms with van der Waals surface area (Å²) in [6, 6.07) is 5.45. The maximum absolute atomic E-state index is 11.2. The molecule has 6 heteroatoms. The summed E-state index contributed by atoms with van der Waals surface area (Å²) in [5, 5.41) is 13.5. The van der Waals surface area contributed by atoms with E-state index in [1.807, 2.05) is 19.1 Å². The smallest absolute Gasteiger partial charge is 0.231 e. The molecule has 0 aromatic heterocycles. The lowest BCUT2D eigenvalue weighted by atomic mass is 10.1. The maximum Gasteiger partial charge on any atom is 0.231 e. The lowest BCUT2D eigenvalue weighted by Gasteiger charge is -2.14. The molecule has 0 fully saturated rings. The summed E-state index contributed by atoms with van der Waals surface area (Å²) >= 11 is 0. The quantitative estimate of drug-likeness (QED) is 0.740.